The molecular formula is C25H18ClFN2O4. The van der Waals surface area contributed by atoms with Crippen LogP contribution >= 0.6 is 11.6 Å². The Hall–Kier alpha value is -3.97. The van der Waals surface area contributed by atoms with Gasteiger partial charge < -0.3 is 4.74 Å². The Balaban J connectivity index is 1.65. The summed E-state index contributed by atoms with van der Waals surface area (Å²) in [6, 6.07) is 16.7. The monoisotopic (exact) mass is 464 g/mol. The van der Waals surface area contributed by atoms with Gasteiger partial charge in [-0.15, -0.1) is 0 Å². The van der Waals surface area contributed by atoms with E-state index in [0.29, 0.717) is 22.8 Å². The average molecular weight is 465 g/mol. The molecule has 1 aliphatic rings. The molecule has 4 rings (SSSR count). The Bertz CT molecular complexity index is 1290. The summed E-state index contributed by atoms with van der Waals surface area (Å²) in [5, 5.41) is 2.63. The molecule has 0 unspecified atom stereocenters. The summed E-state index contributed by atoms with van der Waals surface area (Å²) in [5.74, 6) is -1.36. The van der Waals surface area contributed by atoms with E-state index in [4.69, 9.17) is 16.3 Å². The molecule has 0 saturated carbocycles. The van der Waals surface area contributed by atoms with Gasteiger partial charge in [-0.1, -0.05) is 35.9 Å². The van der Waals surface area contributed by atoms with E-state index in [1.54, 1.807) is 36.4 Å². The lowest BCUT2D eigenvalue weighted by Gasteiger charge is -2.26. The number of carbonyl (C=O) groups excluding carboxylic acids is 3. The fourth-order valence-corrected chi connectivity index (χ4v) is 3.64. The largest absolute Gasteiger partial charge is 0.496 e. The number of ether oxygens (including phenoxy) is 1. The maximum atomic E-state index is 13.5. The first-order chi connectivity index (χ1) is 15.9. The number of hydrogen-bond donors (Lipinski definition) is 1. The third-order valence-corrected chi connectivity index (χ3v) is 5.34. The minimum atomic E-state index is -0.840. The Kier molecular flexibility index (Phi) is 6.24. The zero-order valence-electron chi connectivity index (χ0n) is 17.5. The van der Waals surface area contributed by atoms with Crippen LogP contribution in [-0.4, -0.2) is 25.0 Å². The molecule has 6 nitrogen and oxygen atoms in total. The van der Waals surface area contributed by atoms with Crippen LogP contribution in [0.1, 0.15) is 16.7 Å². The van der Waals surface area contributed by atoms with Crippen molar-refractivity contribution in [3.05, 3.63) is 99.8 Å². The van der Waals surface area contributed by atoms with Crippen molar-refractivity contribution in [1.82, 2.24) is 5.32 Å². The second-order valence-electron chi connectivity index (χ2n) is 7.31. The topological polar surface area (TPSA) is 75.7 Å². The second-order valence-corrected chi connectivity index (χ2v) is 7.75. The van der Waals surface area contributed by atoms with Crippen LogP contribution in [0.5, 0.6) is 5.75 Å². The number of rotatable bonds is 5. The van der Waals surface area contributed by atoms with Crippen molar-refractivity contribution in [1.29, 1.82) is 0 Å². The summed E-state index contributed by atoms with van der Waals surface area (Å²) in [7, 11) is 1.50. The number of hydrogen-bond acceptors (Lipinski definition) is 4. The number of nitrogens with zero attached hydrogens (tertiary/aromatic N) is 1. The van der Waals surface area contributed by atoms with E-state index in [1.165, 1.54) is 37.5 Å². The van der Waals surface area contributed by atoms with Crippen molar-refractivity contribution in [2.45, 2.75) is 6.42 Å². The van der Waals surface area contributed by atoms with Crippen molar-refractivity contribution in [3.8, 4) is 5.75 Å². The molecule has 1 fully saturated rings. The number of anilines is 1. The minimum Gasteiger partial charge on any atom is -0.496 e. The minimum absolute atomic E-state index is 0.204. The van der Waals surface area contributed by atoms with E-state index in [0.717, 1.165) is 16.0 Å². The number of halogens is 2. The summed E-state index contributed by atoms with van der Waals surface area (Å²) >= 11 is 5.88. The molecule has 0 aliphatic carbocycles. The van der Waals surface area contributed by atoms with Gasteiger partial charge in [0.1, 0.15) is 17.1 Å². The highest BCUT2D eigenvalue weighted by Crippen LogP contribution is 2.27. The number of nitrogens with one attached hydrogen (secondary N) is 1. The Labute approximate surface area is 194 Å². The number of amides is 4. The zero-order valence-corrected chi connectivity index (χ0v) is 18.2. The van der Waals surface area contributed by atoms with E-state index < -0.39 is 17.8 Å². The number of urea groups is 1. The van der Waals surface area contributed by atoms with E-state index in [2.05, 4.69) is 5.32 Å². The number of imide groups is 2. The molecule has 1 heterocycles. The molecule has 33 heavy (non-hydrogen) atoms. The summed E-state index contributed by atoms with van der Waals surface area (Å²) in [6.07, 6.45) is 1.83. The van der Waals surface area contributed by atoms with Crippen LogP contribution in [-0.2, 0) is 16.0 Å². The molecule has 3 aromatic rings. The normalized spacial score (nSPS) is 15.1. The third-order valence-electron chi connectivity index (χ3n) is 5.09. The van der Waals surface area contributed by atoms with Gasteiger partial charge >= 0.3 is 6.03 Å². The van der Waals surface area contributed by atoms with Crippen molar-refractivity contribution in [3.63, 3.8) is 0 Å². The molecule has 0 atom stereocenters. The summed E-state index contributed by atoms with van der Waals surface area (Å²) in [5.41, 5.74) is 2.19. The molecule has 0 spiro atoms. The fraction of sp³-hybridized carbons (Fsp3) is 0.0800. The maximum absolute atomic E-state index is 13.5. The molecule has 4 amide bonds. The lowest BCUT2D eigenvalue weighted by atomic mass is 10.0. The highest BCUT2D eigenvalue weighted by molar-refractivity contribution is 6.39. The number of carbonyl (C=O) groups is 3. The van der Waals surface area contributed by atoms with Gasteiger partial charge in [-0.05, 0) is 65.2 Å². The first-order valence-electron chi connectivity index (χ1n) is 9.94. The Morgan fingerprint density at radius 2 is 1.79 bits per heavy atom. The van der Waals surface area contributed by atoms with Crippen LogP contribution in [0, 0.1) is 5.82 Å². The SMILES string of the molecule is COc1cc(/C=C2\C(=O)NC(=O)N(c3ccc(Cl)cc3)C2=O)ccc1Cc1cccc(F)c1. The molecule has 0 bridgehead atoms. The van der Waals surface area contributed by atoms with Gasteiger partial charge in [0, 0.05) is 11.4 Å². The van der Waals surface area contributed by atoms with Crippen LogP contribution in [0.15, 0.2) is 72.3 Å². The molecule has 0 aromatic heterocycles. The van der Waals surface area contributed by atoms with Gasteiger partial charge in [0.2, 0.25) is 0 Å². The van der Waals surface area contributed by atoms with Gasteiger partial charge in [0.05, 0.1) is 12.8 Å². The number of benzene rings is 3. The highest BCUT2D eigenvalue weighted by Gasteiger charge is 2.36. The van der Waals surface area contributed by atoms with E-state index in [9.17, 15) is 18.8 Å². The predicted octanol–water partition coefficient (Wildman–Crippen LogP) is 4.74. The van der Waals surface area contributed by atoms with E-state index in [1.807, 2.05) is 6.07 Å². The molecule has 3 aromatic carbocycles. The van der Waals surface area contributed by atoms with Crippen LogP contribution < -0.4 is 15.0 Å². The van der Waals surface area contributed by atoms with E-state index in [-0.39, 0.29) is 17.1 Å². The second kappa shape index (κ2) is 9.26. The lowest BCUT2D eigenvalue weighted by Crippen LogP contribution is -2.54. The van der Waals surface area contributed by atoms with Gasteiger partial charge in [-0.25, -0.2) is 14.1 Å². The lowest BCUT2D eigenvalue weighted by molar-refractivity contribution is -0.122. The van der Waals surface area contributed by atoms with Gasteiger partial charge in [-0.3, -0.25) is 14.9 Å². The molecule has 1 aliphatic heterocycles. The fourth-order valence-electron chi connectivity index (χ4n) is 3.51. The van der Waals surface area contributed by atoms with Crippen LogP contribution in [0.3, 0.4) is 0 Å². The van der Waals surface area contributed by atoms with E-state index >= 15 is 0 Å². The van der Waals surface area contributed by atoms with Crippen molar-refractivity contribution < 1.29 is 23.5 Å². The Morgan fingerprint density at radius 1 is 1.03 bits per heavy atom. The van der Waals surface area contributed by atoms with Crippen LogP contribution in [0.2, 0.25) is 5.02 Å². The summed E-state index contributed by atoms with van der Waals surface area (Å²) < 4.78 is 19.0. The smallest absolute Gasteiger partial charge is 0.335 e. The first-order valence-corrected chi connectivity index (χ1v) is 10.3. The van der Waals surface area contributed by atoms with Crippen LogP contribution in [0.4, 0.5) is 14.9 Å². The standard InChI is InChI=1S/C25H18ClFN2O4/c1-33-22-14-16(5-6-17(22)11-15-3-2-4-19(27)12-15)13-21-23(30)28-25(32)29(24(21)31)20-9-7-18(26)8-10-20/h2-10,12-14H,11H2,1H3,(H,28,30,32)/b21-13+. The quantitative estimate of drug-likeness (QED) is 0.437. The maximum Gasteiger partial charge on any atom is 0.335 e. The van der Waals surface area contributed by atoms with Crippen LogP contribution in [0.25, 0.3) is 6.08 Å². The molecular weight excluding hydrogens is 447 g/mol. The number of methoxy groups -OCH3 is 1. The predicted molar refractivity (Wildman–Crippen MR) is 123 cm³/mol. The van der Waals surface area contributed by atoms with Crippen molar-refractivity contribution in [2.75, 3.05) is 12.0 Å². The molecule has 166 valence electrons. The average Bonchev–Trinajstić information content (AvgIpc) is 2.78. The zero-order chi connectivity index (χ0) is 23.5. The van der Waals surface area contributed by atoms with Gasteiger partial charge in [-0.2, -0.15) is 0 Å². The molecule has 8 heteroatoms. The van der Waals surface area contributed by atoms with Crippen molar-refractivity contribution in [2.24, 2.45) is 0 Å². The first kappa shape index (κ1) is 22.2. The van der Waals surface area contributed by atoms with Gasteiger partial charge in [0.25, 0.3) is 11.8 Å². The molecule has 0 radical (unpaired) electrons. The summed E-state index contributed by atoms with van der Waals surface area (Å²) in [6.45, 7) is 0. The Morgan fingerprint density at radius 3 is 2.48 bits per heavy atom. The molecule has 1 saturated heterocycles. The van der Waals surface area contributed by atoms with Gasteiger partial charge in [0.15, 0.2) is 0 Å². The molecule has 1 N–H and O–H groups in total. The van der Waals surface area contributed by atoms with Crippen molar-refractivity contribution >= 4 is 41.2 Å². The third kappa shape index (κ3) is 4.78. The summed E-state index contributed by atoms with van der Waals surface area (Å²) in [4.78, 5) is 38.6. The highest BCUT2D eigenvalue weighted by atomic mass is 35.5. The number of barbiturate groups is 1.